The van der Waals surface area contributed by atoms with Gasteiger partial charge in [-0.15, -0.1) is 0 Å². The fourth-order valence-corrected chi connectivity index (χ4v) is 15.3. The maximum Gasteiger partial charge on any atom is 0.319 e. The number of ether oxygens (including phenoxy) is 2. The van der Waals surface area contributed by atoms with Crippen molar-refractivity contribution in [1.29, 1.82) is 0 Å². The molecule has 16 heteroatoms. The number of benzene rings is 2. The average molecular weight is 1060 g/mol. The number of pyridine rings is 2. The van der Waals surface area contributed by atoms with Gasteiger partial charge in [-0.1, -0.05) is 70.2 Å². The Morgan fingerprint density at radius 3 is 1.51 bits per heavy atom. The van der Waals surface area contributed by atoms with Gasteiger partial charge in [0, 0.05) is 73.9 Å². The second-order valence-corrected chi connectivity index (χ2v) is 24.6. The number of halogens is 2. The Labute approximate surface area is 458 Å². The molecular formula is C62H78F2N12O2. The van der Waals surface area contributed by atoms with Gasteiger partial charge in [-0.25, -0.2) is 8.78 Å². The van der Waals surface area contributed by atoms with Gasteiger partial charge in [-0.2, -0.15) is 19.9 Å². The Morgan fingerprint density at radius 1 is 0.603 bits per heavy atom. The van der Waals surface area contributed by atoms with Crippen LogP contribution in [0.5, 0.6) is 12.0 Å². The maximum atomic E-state index is 16.5. The summed E-state index contributed by atoms with van der Waals surface area (Å²) in [6, 6.07) is 16.3. The molecule has 14 rings (SSSR count). The van der Waals surface area contributed by atoms with Gasteiger partial charge in [0.25, 0.3) is 0 Å². The highest BCUT2D eigenvalue weighted by molar-refractivity contribution is 5.93. The number of fused-ring (bicyclic) bond motifs is 8. The summed E-state index contributed by atoms with van der Waals surface area (Å²) in [6.45, 7) is 19.7. The first kappa shape index (κ1) is 51.7. The Hall–Kier alpha value is -5.68. The Balaban J connectivity index is 0.000000148. The van der Waals surface area contributed by atoms with E-state index in [-0.39, 0.29) is 29.0 Å². The molecule has 14 nitrogen and oxygen atoms in total. The average Bonchev–Trinajstić information content (AvgIpc) is 4.39. The molecular weight excluding hydrogens is 983 g/mol. The lowest BCUT2D eigenvalue weighted by atomic mass is 9.90. The van der Waals surface area contributed by atoms with Crippen molar-refractivity contribution >= 4 is 33.4 Å². The predicted molar refractivity (Wildman–Crippen MR) is 304 cm³/mol. The lowest BCUT2D eigenvalue weighted by Crippen LogP contribution is -2.51. The minimum absolute atomic E-state index is 0.0717. The third-order valence-electron chi connectivity index (χ3n) is 19.4. The molecule has 8 fully saturated rings. The van der Waals surface area contributed by atoms with Crippen molar-refractivity contribution in [3.8, 4) is 34.5 Å². The summed E-state index contributed by atoms with van der Waals surface area (Å²) in [5.74, 6) is 1.24. The Kier molecular flexibility index (Phi) is 14.0. The molecule has 12 heterocycles. The van der Waals surface area contributed by atoms with Gasteiger partial charge in [0.1, 0.15) is 47.3 Å². The van der Waals surface area contributed by atoms with Crippen LogP contribution in [0.3, 0.4) is 0 Å². The summed E-state index contributed by atoms with van der Waals surface area (Å²) in [7, 11) is 0. The van der Waals surface area contributed by atoms with Gasteiger partial charge < -0.3 is 29.9 Å². The lowest BCUT2D eigenvalue weighted by molar-refractivity contribution is 0.108. The van der Waals surface area contributed by atoms with Crippen LogP contribution < -0.4 is 29.9 Å². The van der Waals surface area contributed by atoms with E-state index in [1.54, 1.807) is 12.4 Å². The van der Waals surface area contributed by atoms with Crippen molar-refractivity contribution in [1.82, 2.24) is 50.3 Å². The van der Waals surface area contributed by atoms with E-state index in [1.807, 2.05) is 30.3 Å². The highest BCUT2D eigenvalue weighted by atomic mass is 19.1. The summed E-state index contributed by atoms with van der Waals surface area (Å²) in [5.41, 5.74) is 6.49. The van der Waals surface area contributed by atoms with Crippen LogP contribution in [0.1, 0.15) is 140 Å². The van der Waals surface area contributed by atoms with E-state index in [0.29, 0.717) is 76.5 Å². The molecule has 5 atom stereocenters. The quantitative estimate of drug-likeness (QED) is 0.114. The van der Waals surface area contributed by atoms with Crippen molar-refractivity contribution in [2.24, 2.45) is 0 Å². The number of nitrogens with one attached hydrogen (secondary N) is 2. The Bertz CT molecular complexity index is 3170. The molecule has 8 saturated heterocycles. The van der Waals surface area contributed by atoms with Gasteiger partial charge in [0.05, 0.1) is 21.9 Å². The number of rotatable bonds is 13. The molecule has 5 unspecified atom stereocenters. The van der Waals surface area contributed by atoms with E-state index in [4.69, 9.17) is 39.4 Å². The van der Waals surface area contributed by atoms with Gasteiger partial charge in [-0.3, -0.25) is 19.8 Å². The van der Waals surface area contributed by atoms with Crippen LogP contribution in [0.15, 0.2) is 54.9 Å². The van der Waals surface area contributed by atoms with E-state index >= 15 is 8.78 Å². The zero-order valence-electron chi connectivity index (χ0n) is 46.5. The molecule has 0 radical (unpaired) electrons. The highest BCUT2D eigenvalue weighted by Crippen LogP contribution is 2.43. The molecule has 8 aliphatic heterocycles. The van der Waals surface area contributed by atoms with E-state index in [9.17, 15) is 0 Å². The second kappa shape index (κ2) is 21.1. The zero-order chi connectivity index (χ0) is 53.3. The SMILES string of the molecule is CCC(C)c1ccccc1-c1ncc2c(N3CC4CCC(C3)N4)nc(OCC34CCCN3CCC4)nc2c1F.Cc1cccc(-c2ncc3c(N4CC5CCC(C4)N5)nc(OCC45CCCN4CCC5)nc3c2F)c1C(C)C. The van der Waals surface area contributed by atoms with Crippen molar-refractivity contribution in [3.05, 3.63) is 83.2 Å². The smallest absolute Gasteiger partial charge is 0.319 e. The number of aryl methyl sites for hydroxylation is 1. The summed E-state index contributed by atoms with van der Waals surface area (Å²) in [4.78, 5) is 38.4. The number of aromatic nitrogens is 6. The maximum absolute atomic E-state index is 16.5. The van der Waals surface area contributed by atoms with Crippen LogP contribution in [0.25, 0.3) is 44.3 Å². The van der Waals surface area contributed by atoms with Gasteiger partial charge in [0.2, 0.25) is 0 Å². The van der Waals surface area contributed by atoms with E-state index in [1.165, 1.54) is 25.7 Å². The van der Waals surface area contributed by atoms with Crippen molar-refractivity contribution in [3.63, 3.8) is 0 Å². The topological polar surface area (TPSA) is 133 Å². The summed E-state index contributed by atoms with van der Waals surface area (Å²) < 4.78 is 45.8. The van der Waals surface area contributed by atoms with Crippen LogP contribution in [0.2, 0.25) is 0 Å². The molecule has 0 saturated carbocycles. The number of nitrogens with zero attached hydrogens (tertiary/aromatic N) is 10. The number of hydrogen-bond acceptors (Lipinski definition) is 14. The van der Waals surface area contributed by atoms with Crippen LogP contribution >= 0.6 is 0 Å². The van der Waals surface area contributed by atoms with Gasteiger partial charge in [-0.05, 0) is 145 Å². The largest absolute Gasteiger partial charge is 0.461 e. The molecule has 0 aliphatic carbocycles. The van der Waals surface area contributed by atoms with Gasteiger partial charge >= 0.3 is 12.0 Å². The standard InChI is InChI=1S/2C31H39FN6O/c1-19(2)25-20(3)7-4-8-23(25)27-26(32)28-24(15-33-27)29(37-16-21-9-10-22(17-37)34-21)36-30(35-28)39-18-31-11-5-13-38(31)14-6-12-31;1-3-20(2)23-8-4-5-9-24(23)27-26(32)28-25(16-33-27)29(37-17-21-10-11-22(18-37)34-21)36-30(35-28)39-19-31-12-6-14-38(31)15-7-13-31/h4,7-8,15,19,21-22,34H,5-6,9-14,16-18H2,1-3H3;4-5,8-9,16,20-22,34H,3,6-7,10-15,17-19H2,1-2H3. The molecule has 4 bridgehead atoms. The fraction of sp³-hybridized carbons (Fsp3) is 0.581. The lowest BCUT2D eigenvalue weighted by Gasteiger charge is -2.34. The molecule has 0 amide bonds. The van der Waals surface area contributed by atoms with Crippen LogP contribution in [0.4, 0.5) is 20.4 Å². The molecule has 8 aliphatic rings. The predicted octanol–water partition coefficient (Wildman–Crippen LogP) is 10.5. The Morgan fingerprint density at radius 2 is 1.05 bits per heavy atom. The number of anilines is 2. The third-order valence-corrected chi connectivity index (χ3v) is 19.4. The molecule has 2 N–H and O–H groups in total. The summed E-state index contributed by atoms with van der Waals surface area (Å²) in [5, 5.41) is 8.70. The zero-order valence-corrected chi connectivity index (χ0v) is 46.5. The fourth-order valence-electron chi connectivity index (χ4n) is 15.3. The molecule has 412 valence electrons. The van der Waals surface area contributed by atoms with Crippen molar-refractivity contribution < 1.29 is 18.3 Å². The minimum atomic E-state index is -0.395. The second-order valence-electron chi connectivity index (χ2n) is 24.6. The number of hydrogen-bond donors (Lipinski definition) is 2. The molecule has 2 aromatic carbocycles. The van der Waals surface area contributed by atoms with E-state index < -0.39 is 11.6 Å². The van der Waals surface area contributed by atoms with Crippen LogP contribution in [-0.4, -0.2) is 141 Å². The van der Waals surface area contributed by atoms with Crippen molar-refractivity contribution in [2.45, 2.75) is 165 Å². The first-order valence-corrected chi connectivity index (χ1v) is 29.7. The number of piperazine rings is 2. The minimum Gasteiger partial charge on any atom is -0.461 e. The molecule has 0 spiro atoms. The first-order valence-electron chi connectivity index (χ1n) is 29.7. The third kappa shape index (κ3) is 9.43. The molecule has 4 aromatic heterocycles. The van der Waals surface area contributed by atoms with E-state index in [0.717, 1.165) is 150 Å². The summed E-state index contributed by atoms with van der Waals surface area (Å²) in [6.07, 6.45) is 18.6. The molecule has 78 heavy (non-hydrogen) atoms. The van der Waals surface area contributed by atoms with Crippen LogP contribution in [-0.2, 0) is 0 Å². The normalized spacial score (nSPS) is 24.5. The first-order chi connectivity index (χ1) is 38.0. The van der Waals surface area contributed by atoms with Crippen LogP contribution in [0, 0.1) is 18.6 Å². The monoisotopic (exact) mass is 1060 g/mol. The van der Waals surface area contributed by atoms with Crippen molar-refractivity contribution in [2.75, 3.05) is 75.4 Å². The molecule has 6 aromatic rings. The summed E-state index contributed by atoms with van der Waals surface area (Å²) >= 11 is 0. The highest BCUT2D eigenvalue weighted by Gasteiger charge is 2.47. The van der Waals surface area contributed by atoms with Gasteiger partial charge in [0.15, 0.2) is 11.6 Å². The van der Waals surface area contributed by atoms with E-state index in [2.05, 4.69) is 77.0 Å².